The fraction of sp³-hybridized carbons (Fsp3) is 0.222. The molecule has 0 bridgehead atoms. The monoisotopic (exact) mass is 286 g/mol. The topological polar surface area (TPSA) is 9.23 Å². The lowest BCUT2D eigenvalue weighted by Gasteiger charge is -2.03. The fourth-order valence-electron chi connectivity index (χ4n) is 1.96. The maximum Gasteiger partial charge on any atom is 0.387 e. The minimum atomic E-state index is -2.80. The van der Waals surface area contributed by atoms with E-state index >= 15 is 0 Å². The van der Waals surface area contributed by atoms with E-state index in [-0.39, 0.29) is 5.75 Å². The number of rotatable bonds is 4. The van der Waals surface area contributed by atoms with Gasteiger partial charge in [-0.25, -0.2) is 0 Å². The predicted molar refractivity (Wildman–Crippen MR) is 79.5 cm³/mol. The van der Waals surface area contributed by atoms with Crippen LogP contribution in [0.25, 0.3) is 0 Å². The molecule has 108 valence electrons. The van der Waals surface area contributed by atoms with Gasteiger partial charge in [-0.1, -0.05) is 37.3 Å². The van der Waals surface area contributed by atoms with Crippen LogP contribution in [0.15, 0.2) is 48.5 Å². The molecule has 1 nitrogen and oxygen atoms in total. The Morgan fingerprint density at radius 1 is 1.00 bits per heavy atom. The first-order chi connectivity index (χ1) is 10.2. The molecule has 21 heavy (non-hydrogen) atoms. The van der Waals surface area contributed by atoms with Gasteiger partial charge in [-0.05, 0) is 48.4 Å². The molecule has 0 amide bonds. The van der Waals surface area contributed by atoms with Crippen molar-refractivity contribution in [1.82, 2.24) is 0 Å². The quantitative estimate of drug-likeness (QED) is 0.744. The highest BCUT2D eigenvalue weighted by Crippen LogP contribution is 2.14. The highest BCUT2D eigenvalue weighted by molar-refractivity contribution is 5.45. The van der Waals surface area contributed by atoms with Gasteiger partial charge in [-0.15, -0.1) is 0 Å². The van der Waals surface area contributed by atoms with Crippen LogP contribution in [0.1, 0.15) is 30.0 Å². The second-order valence-corrected chi connectivity index (χ2v) is 4.60. The van der Waals surface area contributed by atoms with Gasteiger partial charge in [-0.2, -0.15) is 8.78 Å². The molecule has 0 aliphatic rings. The Kier molecular flexibility index (Phi) is 5.34. The number of benzene rings is 2. The summed E-state index contributed by atoms with van der Waals surface area (Å²) in [5.41, 5.74) is 2.98. The van der Waals surface area contributed by atoms with E-state index in [1.807, 2.05) is 12.1 Å². The van der Waals surface area contributed by atoms with Gasteiger partial charge in [-0.3, -0.25) is 0 Å². The maximum absolute atomic E-state index is 12.0. The van der Waals surface area contributed by atoms with Gasteiger partial charge in [0.25, 0.3) is 0 Å². The van der Waals surface area contributed by atoms with Crippen molar-refractivity contribution in [2.24, 2.45) is 0 Å². The zero-order valence-corrected chi connectivity index (χ0v) is 11.8. The highest BCUT2D eigenvalue weighted by atomic mass is 19.3. The van der Waals surface area contributed by atoms with Crippen molar-refractivity contribution in [3.05, 3.63) is 65.2 Å². The van der Waals surface area contributed by atoms with Gasteiger partial charge in [0.05, 0.1) is 0 Å². The van der Waals surface area contributed by atoms with Crippen LogP contribution in [0.2, 0.25) is 0 Å². The van der Waals surface area contributed by atoms with Crippen LogP contribution >= 0.6 is 0 Å². The predicted octanol–water partition coefficient (Wildman–Crippen LogP) is 4.64. The molecule has 0 aromatic heterocycles. The minimum Gasteiger partial charge on any atom is -0.435 e. The van der Waals surface area contributed by atoms with Crippen molar-refractivity contribution in [3.63, 3.8) is 0 Å². The third-order valence-corrected chi connectivity index (χ3v) is 2.90. The Labute approximate surface area is 123 Å². The van der Waals surface area contributed by atoms with Gasteiger partial charge >= 0.3 is 6.61 Å². The first kappa shape index (κ1) is 15.1. The molecule has 0 radical (unpaired) electrons. The molecule has 2 aromatic carbocycles. The molecule has 0 atom stereocenters. The summed E-state index contributed by atoms with van der Waals surface area (Å²) in [6.07, 6.45) is 2.14. The van der Waals surface area contributed by atoms with E-state index in [0.29, 0.717) is 0 Å². The van der Waals surface area contributed by atoms with Crippen LogP contribution in [0.4, 0.5) is 8.78 Å². The van der Waals surface area contributed by atoms with Crippen LogP contribution in [0, 0.1) is 11.8 Å². The SMILES string of the molecule is CCCc1cccc(C#Cc2ccc(OC(F)F)cc2)c1. The average Bonchev–Trinajstić information content (AvgIpc) is 2.47. The summed E-state index contributed by atoms with van der Waals surface area (Å²) in [5, 5.41) is 0. The molecule has 0 saturated carbocycles. The minimum absolute atomic E-state index is 0.139. The molecule has 0 aliphatic heterocycles. The molecule has 2 rings (SSSR count). The van der Waals surface area contributed by atoms with E-state index in [0.717, 1.165) is 24.0 Å². The molecule has 2 aromatic rings. The Morgan fingerprint density at radius 2 is 1.71 bits per heavy atom. The number of halogens is 2. The van der Waals surface area contributed by atoms with Crippen molar-refractivity contribution in [3.8, 4) is 17.6 Å². The molecule has 0 fully saturated rings. The number of hydrogen-bond acceptors (Lipinski definition) is 1. The second kappa shape index (κ2) is 7.44. The first-order valence-electron chi connectivity index (χ1n) is 6.83. The van der Waals surface area contributed by atoms with Crippen molar-refractivity contribution < 1.29 is 13.5 Å². The van der Waals surface area contributed by atoms with Gasteiger partial charge < -0.3 is 4.74 Å². The molecular formula is C18H16F2O. The third kappa shape index (κ3) is 4.92. The molecule has 3 heteroatoms. The van der Waals surface area contributed by atoms with Crippen LogP contribution in [0.3, 0.4) is 0 Å². The van der Waals surface area contributed by atoms with E-state index in [1.54, 1.807) is 12.1 Å². The van der Waals surface area contributed by atoms with Gasteiger partial charge in [0.15, 0.2) is 0 Å². The zero-order chi connectivity index (χ0) is 15.1. The van der Waals surface area contributed by atoms with Crippen LogP contribution in [0.5, 0.6) is 5.75 Å². The normalized spacial score (nSPS) is 10.1. The van der Waals surface area contributed by atoms with Crippen LogP contribution in [-0.4, -0.2) is 6.61 Å². The number of ether oxygens (including phenoxy) is 1. The molecular weight excluding hydrogens is 270 g/mol. The highest BCUT2D eigenvalue weighted by Gasteiger charge is 2.02. The lowest BCUT2D eigenvalue weighted by Crippen LogP contribution is -2.01. The van der Waals surface area contributed by atoms with Crippen LogP contribution < -0.4 is 4.74 Å². The first-order valence-corrected chi connectivity index (χ1v) is 6.83. The fourth-order valence-corrected chi connectivity index (χ4v) is 1.96. The molecule has 0 heterocycles. The Balaban J connectivity index is 2.09. The van der Waals surface area contributed by atoms with Gasteiger partial charge in [0.2, 0.25) is 0 Å². The maximum atomic E-state index is 12.0. The molecule has 0 spiro atoms. The number of aryl methyl sites for hydroxylation is 1. The lowest BCUT2D eigenvalue weighted by molar-refractivity contribution is -0.0498. The van der Waals surface area contributed by atoms with Crippen molar-refractivity contribution in [1.29, 1.82) is 0 Å². The van der Waals surface area contributed by atoms with E-state index in [4.69, 9.17) is 0 Å². The lowest BCUT2D eigenvalue weighted by atomic mass is 10.1. The molecule has 0 N–H and O–H groups in total. The van der Waals surface area contributed by atoms with Gasteiger partial charge in [0, 0.05) is 11.1 Å². The number of alkyl halides is 2. The Hall–Kier alpha value is -2.34. The van der Waals surface area contributed by atoms with E-state index < -0.39 is 6.61 Å². The Morgan fingerprint density at radius 3 is 2.38 bits per heavy atom. The summed E-state index contributed by atoms with van der Waals surface area (Å²) < 4.78 is 28.4. The van der Waals surface area contributed by atoms with Gasteiger partial charge in [0.1, 0.15) is 5.75 Å². The molecule has 0 aliphatic carbocycles. The third-order valence-electron chi connectivity index (χ3n) is 2.90. The van der Waals surface area contributed by atoms with Crippen LogP contribution in [-0.2, 0) is 6.42 Å². The largest absolute Gasteiger partial charge is 0.435 e. The van der Waals surface area contributed by atoms with Crippen molar-refractivity contribution in [2.45, 2.75) is 26.4 Å². The zero-order valence-electron chi connectivity index (χ0n) is 11.8. The second-order valence-electron chi connectivity index (χ2n) is 4.60. The smallest absolute Gasteiger partial charge is 0.387 e. The molecule has 0 saturated heterocycles. The van der Waals surface area contributed by atoms with Crippen molar-refractivity contribution >= 4 is 0 Å². The summed E-state index contributed by atoms with van der Waals surface area (Å²) in [6.45, 7) is -0.662. The summed E-state index contributed by atoms with van der Waals surface area (Å²) in [7, 11) is 0. The average molecular weight is 286 g/mol. The number of hydrogen-bond donors (Lipinski definition) is 0. The summed E-state index contributed by atoms with van der Waals surface area (Å²) in [5.74, 6) is 6.24. The summed E-state index contributed by atoms with van der Waals surface area (Å²) in [4.78, 5) is 0. The standard InChI is InChI=1S/C18H16F2O/c1-2-4-15-5-3-6-16(13-15)8-7-14-9-11-17(12-10-14)21-18(19)20/h3,5-6,9-13,18H,2,4H2,1H3. The van der Waals surface area contributed by atoms with E-state index in [1.165, 1.54) is 17.7 Å². The molecule has 0 unspecified atom stereocenters. The van der Waals surface area contributed by atoms with E-state index in [9.17, 15) is 8.78 Å². The summed E-state index contributed by atoms with van der Waals surface area (Å²) in [6, 6.07) is 14.4. The van der Waals surface area contributed by atoms with Crippen molar-refractivity contribution in [2.75, 3.05) is 0 Å². The summed E-state index contributed by atoms with van der Waals surface area (Å²) >= 11 is 0. The Bertz CT molecular complexity index is 636. The van der Waals surface area contributed by atoms with E-state index in [2.05, 4.69) is 35.6 Å².